The van der Waals surface area contributed by atoms with Crippen molar-refractivity contribution in [1.82, 2.24) is 48.7 Å². The van der Waals surface area contributed by atoms with Gasteiger partial charge >= 0.3 is 17.9 Å². The van der Waals surface area contributed by atoms with Gasteiger partial charge < -0.3 is 59.4 Å². The lowest BCUT2D eigenvalue weighted by Crippen LogP contribution is -2.42. The Morgan fingerprint density at radius 3 is 1.48 bits per heavy atom. The highest BCUT2D eigenvalue weighted by atomic mass is 16.6. The van der Waals surface area contributed by atoms with Crippen LogP contribution in [-0.2, 0) is 60.0 Å². The second kappa shape index (κ2) is 24.3. The normalized spacial score (nSPS) is 18.1. The Bertz CT molecular complexity index is 4650. The molecule has 0 radical (unpaired) electrons. The number of aromatic carboxylic acids is 1. The van der Waals surface area contributed by atoms with E-state index < -0.39 is 68.5 Å². The van der Waals surface area contributed by atoms with Gasteiger partial charge in [0.05, 0.1) is 17.1 Å². The summed E-state index contributed by atoms with van der Waals surface area (Å²) >= 11 is 0. The van der Waals surface area contributed by atoms with Gasteiger partial charge in [-0.25, -0.2) is 14.4 Å². The zero-order valence-electron chi connectivity index (χ0n) is 53.6. The number of carbonyl (C=O) groups is 3. The van der Waals surface area contributed by atoms with Crippen molar-refractivity contribution < 1.29 is 34.1 Å². The molecule has 0 amide bonds. The number of aryl methyl sites for hydroxylation is 3. The molecule has 0 saturated carbocycles. The van der Waals surface area contributed by atoms with Crippen LogP contribution < -0.4 is 37.2 Å². The van der Waals surface area contributed by atoms with E-state index in [0.29, 0.717) is 46.8 Å². The zero-order chi connectivity index (χ0) is 64.8. The number of likely N-dealkylation sites (tertiary alicyclic amines) is 3. The number of piperidine rings is 1. The fraction of sp³-hybridized carbons (Fsp3) is 0.408. The number of carboxylic acid groups (broad SMARTS) is 1. The molecule has 4 aliphatic heterocycles. The van der Waals surface area contributed by atoms with E-state index in [0.717, 1.165) is 122 Å². The number of nitrogens with two attached hydrogens (primary N) is 1. The minimum Gasteiger partial charge on any atom is -0.506 e. The van der Waals surface area contributed by atoms with Crippen LogP contribution in [-0.4, -0.2) is 129 Å². The Hall–Kier alpha value is -8.86. The Morgan fingerprint density at radius 1 is 0.565 bits per heavy atom. The van der Waals surface area contributed by atoms with Crippen molar-refractivity contribution in [3.05, 3.63) is 154 Å². The first-order chi connectivity index (χ1) is 44.1. The van der Waals surface area contributed by atoms with Gasteiger partial charge in [0.25, 0.3) is 16.7 Å². The number of fused-ring (bicyclic) bond motifs is 4. The van der Waals surface area contributed by atoms with Gasteiger partial charge in [0, 0.05) is 138 Å². The molecule has 0 spiro atoms. The lowest BCUT2D eigenvalue weighted by molar-refractivity contribution is 0.0677. The number of rotatable bonds is 18. The van der Waals surface area contributed by atoms with E-state index in [1.807, 2.05) is 69.7 Å². The number of carbonyl (C=O) groups excluding carboxylic acids is 2. The van der Waals surface area contributed by atoms with Crippen molar-refractivity contribution in [2.24, 2.45) is 38.7 Å². The predicted molar refractivity (Wildman–Crippen MR) is 355 cm³/mol. The topological polar surface area (TPSA) is 271 Å². The summed E-state index contributed by atoms with van der Waals surface area (Å²) in [6.45, 7) is 18.4. The molecule has 0 bridgehead atoms. The molecule has 92 heavy (non-hydrogen) atoms. The van der Waals surface area contributed by atoms with Crippen LogP contribution >= 0.6 is 0 Å². The summed E-state index contributed by atoms with van der Waals surface area (Å²) in [5.41, 5.74) is 9.41. The molecule has 4 fully saturated rings. The van der Waals surface area contributed by atoms with Crippen molar-refractivity contribution in [1.29, 1.82) is 0 Å². The van der Waals surface area contributed by atoms with Crippen LogP contribution in [0.1, 0.15) is 125 Å². The van der Waals surface area contributed by atoms with Gasteiger partial charge in [-0.1, -0.05) is 39.0 Å². The number of ether oxygens (including phenoxy) is 2. The molecule has 3 unspecified atom stereocenters. The number of nitrogens with one attached hydrogen (secondary N) is 4. The number of aromatic nitrogens is 6. The Balaban J connectivity index is 0.889. The first-order valence-corrected chi connectivity index (χ1v) is 32.3. The van der Waals surface area contributed by atoms with Gasteiger partial charge in [-0.05, 0) is 168 Å². The van der Waals surface area contributed by atoms with Crippen molar-refractivity contribution in [2.45, 2.75) is 111 Å². The van der Waals surface area contributed by atoms with Crippen molar-refractivity contribution in [3.8, 4) is 51.0 Å². The fourth-order valence-corrected chi connectivity index (χ4v) is 14.9. The number of pyridine rings is 3. The first kappa shape index (κ1) is 62.0. The second-order valence-electron chi connectivity index (χ2n) is 26.4. The van der Waals surface area contributed by atoms with Crippen LogP contribution in [0.15, 0.2) is 87.2 Å². The van der Waals surface area contributed by atoms with Gasteiger partial charge in [0.1, 0.15) is 5.75 Å². The van der Waals surface area contributed by atoms with E-state index in [2.05, 4.69) is 80.7 Å². The molecule has 13 rings (SSSR count). The van der Waals surface area contributed by atoms with Crippen LogP contribution in [0.3, 0.4) is 0 Å². The molecule has 3 atom stereocenters. The highest BCUT2D eigenvalue weighted by Crippen LogP contribution is 2.40. The summed E-state index contributed by atoms with van der Waals surface area (Å²) in [5, 5.41) is 29.2. The van der Waals surface area contributed by atoms with Crippen LogP contribution in [0, 0.1) is 11.8 Å². The number of hydrogen-bond donors (Lipinski definition) is 7. The van der Waals surface area contributed by atoms with Crippen LogP contribution in [0.2, 0.25) is 0 Å². The average molecular weight is 1250 g/mol. The number of carboxylic acids is 1. The smallest absolute Gasteiger partial charge is 0.353 e. The van der Waals surface area contributed by atoms with E-state index in [4.69, 9.17) is 15.2 Å². The number of nitrogens with zero attached hydrogens (tertiary/aromatic N) is 6. The number of H-pyrrole nitrogens is 3. The molecular weight excluding hydrogens is 1170 g/mol. The van der Waals surface area contributed by atoms with Gasteiger partial charge in [-0.2, -0.15) is 0 Å². The molecule has 21 heteroatoms. The summed E-state index contributed by atoms with van der Waals surface area (Å²) in [5.74, 6) is -5.46. The van der Waals surface area contributed by atoms with E-state index >= 15 is 14.4 Å². The Morgan fingerprint density at radius 2 is 1.02 bits per heavy atom. The third-order valence-electron chi connectivity index (χ3n) is 20.3. The third-order valence-corrected chi connectivity index (χ3v) is 20.3. The van der Waals surface area contributed by atoms with E-state index in [-0.39, 0.29) is 52.9 Å². The first-order valence-electron chi connectivity index (χ1n) is 32.3. The largest absolute Gasteiger partial charge is 0.506 e. The number of aromatic amines is 3. The molecule has 8 N–H and O–H groups in total. The fourth-order valence-electron chi connectivity index (χ4n) is 14.9. The highest BCUT2D eigenvalue weighted by molar-refractivity contribution is 6.02. The monoisotopic (exact) mass is 1250 g/mol. The molecule has 6 aromatic heterocycles. The predicted octanol–water partition coefficient (Wildman–Crippen LogP) is 8.71. The van der Waals surface area contributed by atoms with Crippen molar-refractivity contribution in [2.75, 3.05) is 45.8 Å². The average Bonchev–Trinajstić information content (AvgIpc) is 1.11. The molecule has 0 aliphatic carbocycles. The molecule has 21 nitrogen and oxygen atoms in total. The van der Waals surface area contributed by atoms with Gasteiger partial charge in [0.2, 0.25) is 0 Å². The van der Waals surface area contributed by atoms with E-state index in [1.165, 1.54) is 12.8 Å². The van der Waals surface area contributed by atoms with Crippen LogP contribution in [0.4, 0.5) is 0 Å². The molecule has 4 saturated heterocycles. The second-order valence-corrected chi connectivity index (χ2v) is 26.4. The minimum atomic E-state index is -1.70. The molecule has 4 aliphatic rings. The molecule has 10 heterocycles. The standard InChI is InChI=1S/C71H81N11O10/c1-9-49-59(38-15-18-53-42(26-38)29-46(77(53)6)34-80-23-13-24-80)74-65(84)56(62(49)83)69(89)92-64-51(11-3)61(40-17-19-54-43(28-40)30-47(78(54)7)35-81-25-21-45(33-81)71(4,5)72)76-67(86)58(64)70(90)91-63-50(10-2)60(75-66(85)57(63)68(87)88)39-16-20-55-44(27-39)31-48(79(55)8)36-82-32-41-14-12-22-73-52(41)37-82/h15-20,26-31,41,45,52,73H,9-14,21-25,32-37,72H2,1-8H3,(H,75,85)(H,76,86)(H,87,88)(H2,74,83,84). The number of benzene rings is 3. The molecule has 3 aromatic carbocycles. The third kappa shape index (κ3) is 11.2. The number of aromatic hydroxyl groups is 1. The lowest BCUT2D eigenvalue weighted by Gasteiger charge is -2.30. The Labute approximate surface area is 531 Å². The number of esters is 2. The highest BCUT2D eigenvalue weighted by Gasteiger charge is 2.37. The van der Waals surface area contributed by atoms with E-state index in [9.17, 15) is 24.6 Å². The van der Waals surface area contributed by atoms with Crippen LogP contribution in [0.5, 0.6) is 17.2 Å². The lowest BCUT2D eigenvalue weighted by atomic mass is 9.88. The molecule has 9 aromatic rings. The minimum absolute atomic E-state index is 0.0135. The molecule has 480 valence electrons. The maximum absolute atomic E-state index is 15.3. The zero-order valence-corrected chi connectivity index (χ0v) is 53.6. The van der Waals surface area contributed by atoms with E-state index in [1.54, 1.807) is 26.8 Å². The van der Waals surface area contributed by atoms with Crippen molar-refractivity contribution >= 4 is 50.6 Å². The SMILES string of the molecule is CCc1c(-c2ccc3c(c2)cc(CN2CCC2)n3C)[nH]c(=O)c(C(=O)Oc2c(CC)c(-c3ccc4c(c3)cc(CN3CCC(C(C)(C)N)C3)n4C)[nH]c(=O)c2C(=O)Oc2c(CC)c(-c3ccc4c(c3)cc(CN3CC5CCCNC5C3)n4C)[nH]c(=O)c2C(=O)O)c1O. The van der Waals surface area contributed by atoms with Crippen LogP contribution in [0.25, 0.3) is 66.5 Å². The van der Waals surface area contributed by atoms with Gasteiger partial charge in [0.15, 0.2) is 28.2 Å². The van der Waals surface area contributed by atoms with Gasteiger partial charge in [-0.15, -0.1) is 0 Å². The summed E-state index contributed by atoms with van der Waals surface area (Å²) in [6.07, 6.45) is 4.74. The number of hydrogen-bond acceptors (Lipinski definition) is 14. The van der Waals surface area contributed by atoms with Crippen molar-refractivity contribution in [3.63, 3.8) is 0 Å². The summed E-state index contributed by atoms with van der Waals surface area (Å²) in [7, 11) is 6.02. The summed E-state index contributed by atoms with van der Waals surface area (Å²) in [4.78, 5) is 103. The Kier molecular flexibility index (Phi) is 16.4. The summed E-state index contributed by atoms with van der Waals surface area (Å²) < 4.78 is 18.7. The van der Waals surface area contributed by atoms with Gasteiger partial charge in [-0.3, -0.25) is 29.1 Å². The maximum Gasteiger partial charge on any atom is 0.353 e. The quantitative estimate of drug-likeness (QED) is 0.0396. The maximum atomic E-state index is 15.3. The molecular formula is C71H81N11O10. The summed E-state index contributed by atoms with van der Waals surface area (Å²) in [6, 6.07) is 23.7.